The van der Waals surface area contributed by atoms with Gasteiger partial charge in [0.2, 0.25) is 0 Å². The summed E-state index contributed by atoms with van der Waals surface area (Å²) in [7, 11) is 0. The van der Waals surface area contributed by atoms with E-state index in [0.29, 0.717) is 19.6 Å². The average molecular weight is 206 g/mol. The molecule has 0 unspecified atom stereocenters. The van der Waals surface area contributed by atoms with Crippen molar-refractivity contribution in [1.29, 1.82) is 0 Å². The molecule has 1 amide bonds. The lowest BCUT2D eigenvalue weighted by Gasteiger charge is -2.18. The first-order valence-electron chi connectivity index (χ1n) is 5.00. The highest BCUT2D eigenvalue weighted by molar-refractivity contribution is 5.78. The van der Waals surface area contributed by atoms with Crippen molar-refractivity contribution in [2.24, 2.45) is 5.73 Å². The van der Waals surface area contributed by atoms with Gasteiger partial charge in [0.05, 0.1) is 0 Å². The lowest BCUT2D eigenvalue weighted by Crippen LogP contribution is -2.36. The number of benzene rings is 1. The number of rotatable bonds is 2. The molecule has 1 aromatic rings. The maximum Gasteiger partial charge on any atom is 0.260 e. The molecular weight excluding hydrogens is 192 g/mol. The minimum Gasteiger partial charge on any atom is -0.483 e. The van der Waals surface area contributed by atoms with Gasteiger partial charge >= 0.3 is 0 Å². The Hall–Kier alpha value is -1.55. The lowest BCUT2D eigenvalue weighted by atomic mass is 10.2. The first-order valence-corrected chi connectivity index (χ1v) is 5.00. The molecule has 1 aromatic carbocycles. The van der Waals surface area contributed by atoms with Crippen LogP contribution in [0.3, 0.4) is 0 Å². The van der Waals surface area contributed by atoms with Crippen molar-refractivity contribution in [2.45, 2.75) is 6.54 Å². The molecule has 0 saturated carbocycles. The summed E-state index contributed by atoms with van der Waals surface area (Å²) in [6, 6.07) is 7.70. The highest BCUT2D eigenvalue weighted by atomic mass is 16.5. The fourth-order valence-electron chi connectivity index (χ4n) is 1.66. The molecule has 0 radical (unpaired) electrons. The Kier molecular flexibility index (Phi) is 2.87. The maximum atomic E-state index is 11.6. The number of hydrogen-bond donors (Lipinski definition) is 1. The van der Waals surface area contributed by atoms with E-state index in [9.17, 15) is 4.79 Å². The Morgan fingerprint density at radius 3 is 3.00 bits per heavy atom. The second-order valence-electron chi connectivity index (χ2n) is 3.50. The smallest absolute Gasteiger partial charge is 0.260 e. The zero-order chi connectivity index (χ0) is 10.7. The van der Waals surface area contributed by atoms with Crippen LogP contribution in [0.4, 0.5) is 0 Å². The molecule has 0 atom stereocenters. The molecule has 2 N–H and O–H groups in total. The summed E-state index contributed by atoms with van der Waals surface area (Å²) in [6.07, 6.45) is 0. The van der Waals surface area contributed by atoms with Crippen LogP contribution in [0.25, 0.3) is 0 Å². The normalized spacial score (nSPS) is 15.5. The van der Waals surface area contributed by atoms with Crippen molar-refractivity contribution in [1.82, 2.24) is 4.90 Å². The third-order valence-corrected chi connectivity index (χ3v) is 2.44. The van der Waals surface area contributed by atoms with E-state index in [1.54, 1.807) is 4.90 Å². The molecule has 0 spiro atoms. The molecule has 1 aliphatic rings. The van der Waals surface area contributed by atoms with Gasteiger partial charge in [-0.15, -0.1) is 0 Å². The van der Waals surface area contributed by atoms with Gasteiger partial charge in [-0.05, 0) is 6.07 Å². The van der Waals surface area contributed by atoms with Gasteiger partial charge in [-0.2, -0.15) is 0 Å². The van der Waals surface area contributed by atoms with Crippen molar-refractivity contribution >= 4 is 5.91 Å². The number of nitrogens with zero attached hydrogens (tertiary/aromatic N) is 1. The van der Waals surface area contributed by atoms with Crippen LogP contribution in [-0.4, -0.2) is 30.5 Å². The van der Waals surface area contributed by atoms with Crippen molar-refractivity contribution in [2.75, 3.05) is 19.7 Å². The van der Waals surface area contributed by atoms with E-state index in [2.05, 4.69) is 0 Å². The molecule has 1 heterocycles. The van der Waals surface area contributed by atoms with Gasteiger partial charge in [0.15, 0.2) is 6.61 Å². The number of hydrogen-bond acceptors (Lipinski definition) is 3. The minimum atomic E-state index is -0.00310. The maximum absolute atomic E-state index is 11.6. The van der Waals surface area contributed by atoms with Crippen molar-refractivity contribution in [3.63, 3.8) is 0 Å². The molecule has 15 heavy (non-hydrogen) atoms. The van der Waals surface area contributed by atoms with Crippen molar-refractivity contribution in [3.05, 3.63) is 29.8 Å². The lowest BCUT2D eigenvalue weighted by molar-refractivity contribution is -0.133. The van der Waals surface area contributed by atoms with E-state index < -0.39 is 0 Å². The summed E-state index contributed by atoms with van der Waals surface area (Å²) in [5.41, 5.74) is 6.50. The largest absolute Gasteiger partial charge is 0.483 e. The Bertz CT molecular complexity index is 365. The zero-order valence-corrected chi connectivity index (χ0v) is 8.48. The molecule has 4 nitrogen and oxygen atoms in total. The second-order valence-corrected chi connectivity index (χ2v) is 3.50. The number of para-hydroxylation sites is 1. The first kappa shape index (κ1) is 9.98. The van der Waals surface area contributed by atoms with Gasteiger partial charge in [-0.3, -0.25) is 4.79 Å². The van der Waals surface area contributed by atoms with Crippen LogP contribution in [0.5, 0.6) is 5.75 Å². The Balaban J connectivity index is 2.23. The SMILES string of the molecule is NCCN1Cc2ccccc2OCC1=O. The molecule has 1 aliphatic heterocycles. The Morgan fingerprint density at radius 2 is 2.20 bits per heavy atom. The van der Waals surface area contributed by atoms with Gasteiger partial charge in [0.25, 0.3) is 5.91 Å². The second kappa shape index (κ2) is 4.31. The zero-order valence-electron chi connectivity index (χ0n) is 8.48. The number of amides is 1. The molecule has 0 aliphatic carbocycles. The molecule has 0 aromatic heterocycles. The molecule has 0 fully saturated rings. The van der Waals surface area contributed by atoms with Crippen LogP contribution < -0.4 is 10.5 Å². The van der Waals surface area contributed by atoms with E-state index in [0.717, 1.165) is 11.3 Å². The Morgan fingerprint density at radius 1 is 1.40 bits per heavy atom. The summed E-state index contributed by atoms with van der Waals surface area (Å²) >= 11 is 0. The topological polar surface area (TPSA) is 55.6 Å². The van der Waals surface area contributed by atoms with Crippen LogP contribution in [0, 0.1) is 0 Å². The molecule has 80 valence electrons. The number of nitrogens with two attached hydrogens (primary N) is 1. The summed E-state index contributed by atoms with van der Waals surface area (Å²) in [5.74, 6) is 0.794. The quantitative estimate of drug-likeness (QED) is 0.760. The van der Waals surface area contributed by atoms with E-state index in [1.807, 2.05) is 24.3 Å². The Labute approximate surface area is 88.6 Å². The molecule has 0 saturated heterocycles. The van der Waals surface area contributed by atoms with Crippen LogP contribution in [0.2, 0.25) is 0 Å². The van der Waals surface area contributed by atoms with Crippen LogP contribution in [0.1, 0.15) is 5.56 Å². The monoisotopic (exact) mass is 206 g/mol. The van der Waals surface area contributed by atoms with E-state index in [-0.39, 0.29) is 12.5 Å². The first-order chi connectivity index (χ1) is 7.31. The molecular formula is C11H14N2O2. The standard InChI is InChI=1S/C11H14N2O2/c12-5-6-13-7-9-3-1-2-4-10(9)15-8-11(13)14/h1-4H,5-8,12H2. The number of carbonyl (C=O) groups excluding carboxylic acids is 1. The molecule has 2 rings (SSSR count). The average Bonchev–Trinajstić information content (AvgIpc) is 2.41. The number of ether oxygens (including phenoxy) is 1. The van der Waals surface area contributed by atoms with Crippen molar-refractivity contribution < 1.29 is 9.53 Å². The van der Waals surface area contributed by atoms with E-state index >= 15 is 0 Å². The van der Waals surface area contributed by atoms with E-state index in [4.69, 9.17) is 10.5 Å². The number of fused-ring (bicyclic) bond motifs is 1. The summed E-state index contributed by atoms with van der Waals surface area (Å²) in [4.78, 5) is 13.3. The van der Waals surface area contributed by atoms with Crippen LogP contribution in [0.15, 0.2) is 24.3 Å². The van der Waals surface area contributed by atoms with Gasteiger partial charge in [-0.1, -0.05) is 18.2 Å². The molecule has 0 bridgehead atoms. The minimum absolute atomic E-state index is 0.00310. The predicted octanol–water partition coefficient (Wildman–Crippen LogP) is 0.366. The van der Waals surface area contributed by atoms with Gasteiger partial charge < -0.3 is 15.4 Å². The van der Waals surface area contributed by atoms with Gasteiger partial charge in [0.1, 0.15) is 5.75 Å². The summed E-state index contributed by atoms with van der Waals surface area (Å²) < 4.78 is 5.41. The van der Waals surface area contributed by atoms with Crippen LogP contribution in [-0.2, 0) is 11.3 Å². The predicted molar refractivity (Wildman–Crippen MR) is 56.4 cm³/mol. The highest BCUT2D eigenvalue weighted by Gasteiger charge is 2.19. The highest BCUT2D eigenvalue weighted by Crippen LogP contribution is 2.22. The fourth-order valence-corrected chi connectivity index (χ4v) is 1.66. The van der Waals surface area contributed by atoms with Gasteiger partial charge in [-0.25, -0.2) is 0 Å². The van der Waals surface area contributed by atoms with Gasteiger partial charge in [0, 0.05) is 25.2 Å². The summed E-state index contributed by atoms with van der Waals surface area (Å²) in [6.45, 7) is 1.76. The van der Waals surface area contributed by atoms with Crippen molar-refractivity contribution in [3.8, 4) is 5.75 Å². The summed E-state index contributed by atoms with van der Waals surface area (Å²) in [5, 5.41) is 0. The van der Waals surface area contributed by atoms with E-state index in [1.165, 1.54) is 0 Å². The third kappa shape index (κ3) is 2.10. The van der Waals surface area contributed by atoms with Crippen LogP contribution >= 0.6 is 0 Å². The third-order valence-electron chi connectivity index (χ3n) is 2.44. The fraction of sp³-hybridized carbons (Fsp3) is 0.364. The molecule has 4 heteroatoms. The number of carbonyl (C=O) groups is 1.